The third-order valence-electron chi connectivity index (χ3n) is 2.96. The molecule has 0 amide bonds. The average Bonchev–Trinajstić information content (AvgIpc) is 2.44. The second-order valence-corrected chi connectivity index (χ2v) is 4.87. The van der Waals surface area contributed by atoms with E-state index in [9.17, 15) is 4.79 Å². The number of halogens is 1. The second kappa shape index (κ2) is 6.40. The van der Waals surface area contributed by atoms with Crippen molar-refractivity contribution in [1.29, 1.82) is 0 Å². The van der Waals surface area contributed by atoms with Gasteiger partial charge in [0.15, 0.2) is 5.78 Å². The Kier molecular flexibility index (Phi) is 4.59. The number of hydrogen-bond acceptors (Lipinski definition) is 2. The van der Waals surface area contributed by atoms with Crippen molar-refractivity contribution in [3.8, 4) is 5.75 Å². The number of aryl methyl sites for hydroxylation is 1. The fourth-order valence-electron chi connectivity index (χ4n) is 1.91. The van der Waals surface area contributed by atoms with Crippen LogP contribution in [0, 0.1) is 6.92 Å². The number of ether oxygens (including phenoxy) is 1. The van der Waals surface area contributed by atoms with Crippen molar-refractivity contribution in [3.63, 3.8) is 0 Å². The summed E-state index contributed by atoms with van der Waals surface area (Å²) in [6.45, 7) is 1.91. The zero-order valence-corrected chi connectivity index (χ0v) is 12.1. The third-order valence-corrected chi connectivity index (χ3v) is 3.19. The Morgan fingerprint density at radius 2 is 2.00 bits per heavy atom. The number of allylic oxidation sites excluding steroid dienone is 1. The molecule has 20 heavy (non-hydrogen) atoms. The maximum absolute atomic E-state index is 12.1. The van der Waals surface area contributed by atoms with Crippen LogP contribution in [0.4, 0.5) is 0 Å². The molecule has 0 bridgehead atoms. The van der Waals surface area contributed by atoms with E-state index in [1.54, 1.807) is 37.5 Å². The summed E-state index contributed by atoms with van der Waals surface area (Å²) < 4.78 is 5.18. The van der Waals surface area contributed by atoms with Gasteiger partial charge in [-0.3, -0.25) is 4.79 Å². The lowest BCUT2D eigenvalue weighted by molar-refractivity contribution is 0.104. The maximum Gasteiger partial charge on any atom is 0.185 e. The van der Waals surface area contributed by atoms with E-state index in [-0.39, 0.29) is 5.78 Å². The molecule has 0 aliphatic rings. The Balaban J connectivity index is 2.18. The highest BCUT2D eigenvalue weighted by atomic mass is 35.5. The van der Waals surface area contributed by atoms with Gasteiger partial charge in [-0.25, -0.2) is 0 Å². The normalized spacial score (nSPS) is 10.8. The van der Waals surface area contributed by atoms with E-state index < -0.39 is 0 Å². The van der Waals surface area contributed by atoms with Crippen LogP contribution in [0.3, 0.4) is 0 Å². The Morgan fingerprint density at radius 3 is 2.65 bits per heavy atom. The highest BCUT2D eigenvalue weighted by Crippen LogP contribution is 2.19. The standard InChI is InChI=1S/C17H15ClO2/c1-12-10-14(7-9-17(12)20-2)16(19)8-6-13-4-3-5-15(18)11-13/h3-11H,1-2H3/b8-6+. The lowest BCUT2D eigenvalue weighted by Gasteiger charge is -2.05. The Bertz CT molecular complexity index is 660. The van der Waals surface area contributed by atoms with Gasteiger partial charge in [0.05, 0.1) is 7.11 Å². The highest BCUT2D eigenvalue weighted by Gasteiger charge is 2.05. The highest BCUT2D eigenvalue weighted by molar-refractivity contribution is 6.30. The van der Waals surface area contributed by atoms with E-state index in [4.69, 9.17) is 16.3 Å². The summed E-state index contributed by atoms with van der Waals surface area (Å²) in [5.41, 5.74) is 2.48. The van der Waals surface area contributed by atoms with Gasteiger partial charge in [0.1, 0.15) is 5.75 Å². The van der Waals surface area contributed by atoms with Crippen LogP contribution in [-0.4, -0.2) is 12.9 Å². The van der Waals surface area contributed by atoms with Crippen molar-refractivity contribution in [2.45, 2.75) is 6.92 Å². The number of benzene rings is 2. The molecule has 2 aromatic rings. The molecular weight excluding hydrogens is 272 g/mol. The van der Waals surface area contributed by atoms with Crippen LogP contribution in [0.5, 0.6) is 5.75 Å². The Morgan fingerprint density at radius 1 is 1.20 bits per heavy atom. The van der Waals surface area contributed by atoms with Gasteiger partial charge in [-0.15, -0.1) is 0 Å². The third kappa shape index (κ3) is 3.49. The molecule has 102 valence electrons. The van der Waals surface area contributed by atoms with Gasteiger partial charge in [0, 0.05) is 10.6 Å². The van der Waals surface area contributed by atoms with Crippen molar-refractivity contribution in [2.75, 3.05) is 7.11 Å². The van der Waals surface area contributed by atoms with Gasteiger partial charge in [-0.05, 0) is 54.5 Å². The second-order valence-electron chi connectivity index (χ2n) is 4.44. The smallest absolute Gasteiger partial charge is 0.185 e. The van der Waals surface area contributed by atoms with E-state index in [0.717, 1.165) is 16.9 Å². The van der Waals surface area contributed by atoms with Gasteiger partial charge in [-0.1, -0.05) is 29.8 Å². The van der Waals surface area contributed by atoms with Crippen molar-refractivity contribution in [3.05, 3.63) is 70.3 Å². The summed E-state index contributed by atoms with van der Waals surface area (Å²) in [5.74, 6) is 0.732. The summed E-state index contributed by atoms with van der Waals surface area (Å²) in [7, 11) is 1.61. The number of carbonyl (C=O) groups excluding carboxylic acids is 1. The predicted molar refractivity (Wildman–Crippen MR) is 82.5 cm³/mol. The number of rotatable bonds is 4. The van der Waals surface area contributed by atoms with Crippen molar-refractivity contribution < 1.29 is 9.53 Å². The van der Waals surface area contributed by atoms with E-state index in [1.807, 2.05) is 31.2 Å². The van der Waals surface area contributed by atoms with E-state index in [1.165, 1.54) is 0 Å². The summed E-state index contributed by atoms with van der Waals surface area (Å²) >= 11 is 5.90. The molecule has 2 aromatic carbocycles. The molecule has 0 spiro atoms. The van der Waals surface area contributed by atoms with Gasteiger partial charge in [0.25, 0.3) is 0 Å². The number of ketones is 1. The molecule has 0 radical (unpaired) electrons. The SMILES string of the molecule is COc1ccc(C(=O)/C=C/c2cccc(Cl)c2)cc1C. The Hall–Kier alpha value is -2.06. The summed E-state index contributed by atoms with van der Waals surface area (Å²) in [6, 6.07) is 12.7. The molecule has 2 nitrogen and oxygen atoms in total. The molecule has 0 atom stereocenters. The first-order chi connectivity index (χ1) is 9.60. The van der Waals surface area contributed by atoms with Crippen LogP contribution in [0.15, 0.2) is 48.5 Å². The zero-order valence-electron chi connectivity index (χ0n) is 11.4. The van der Waals surface area contributed by atoms with Crippen LogP contribution in [-0.2, 0) is 0 Å². The first-order valence-electron chi connectivity index (χ1n) is 6.23. The van der Waals surface area contributed by atoms with Crippen LogP contribution >= 0.6 is 11.6 Å². The van der Waals surface area contributed by atoms with Crippen molar-refractivity contribution >= 4 is 23.5 Å². The van der Waals surface area contributed by atoms with E-state index in [0.29, 0.717) is 10.6 Å². The topological polar surface area (TPSA) is 26.3 Å². The van der Waals surface area contributed by atoms with Crippen LogP contribution in [0.25, 0.3) is 6.08 Å². The zero-order chi connectivity index (χ0) is 14.5. The molecule has 0 heterocycles. The molecule has 0 saturated carbocycles. The fraction of sp³-hybridized carbons (Fsp3) is 0.118. The monoisotopic (exact) mass is 286 g/mol. The molecule has 0 saturated heterocycles. The minimum atomic E-state index is -0.0456. The van der Waals surface area contributed by atoms with Crippen molar-refractivity contribution in [1.82, 2.24) is 0 Å². The first-order valence-corrected chi connectivity index (χ1v) is 6.60. The fourth-order valence-corrected chi connectivity index (χ4v) is 2.11. The van der Waals surface area contributed by atoms with Gasteiger partial charge in [-0.2, -0.15) is 0 Å². The molecule has 3 heteroatoms. The largest absolute Gasteiger partial charge is 0.496 e. The van der Waals surface area contributed by atoms with Crippen LogP contribution < -0.4 is 4.74 Å². The molecule has 0 aromatic heterocycles. The average molecular weight is 287 g/mol. The minimum Gasteiger partial charge on any atom is -0.496 e. The van der Waals surface area contributed by atoms with Gasteiger partial charge >= 0.3 is 0 Å². The molecule has 0 unspecified atom stereocenters. The summed E-state index contributed by atoms with van der Waals surface area (Å²) in [4.78, 5) is 12.1. The van der Waals surface area contributed by atoms with Gasteiger partial charge in [0.2, 0.25) is 0 Å². The van der Waals surface area contributed by atoms with Crippen LogP contribution in [0.1, 0.15) is 21.5 Å². The van der Waals surface area contributed by atoms with Crippen LogP contribution in [0.2, 0.25) is 5.02 Å². The quantitative estimate of drug-likeness (QED) is 0.609. The number of carbonyl (C=O) groups is 1. The lowest BCUT2D eigenvalue weighted by atomic mass is 10.1. The van der Waals surface area contributed by atoms with E-state index in [2.05, 4.69) is 0 Å². The number of hydrogen-bond donors (Lipinski definition) is 0. The first kappa shape index (κ1) is 14.4. The summed E-state index contributed by atoms with van der Waals surface area (Å²) in [5, 5.41) is 0.653. The molecular formula is C17H15ClO2. The Labute approximate surface area is 123 Å². The molecule has 0 aliphatic carbocycles. The lowest BCUT2D eigenvalue weighted by Crippen LogP contribution is -1.96. The molecule has 0 N–H and O–H groups in total. The molecule has 2 rings (SSSR count). The van der Waals surface area contributed by atoms with Crippen molar-refractivity contribution in [2.24, 2.45) is 0 Å². The molecule has 0 fully saturated rings. The maximum atomic E-state index is 12.1. The molecule has 0 aliphatic heterocycles. The summed E-state index contributed by atoms with van der Waals surface area (Å²) in [6.07, 6.45) is 3.31. The van der Waals surface area contributed by atoms with Gasteiger partial charge < -0.3 is 4.74 Å². The minimum absolute atomic E-state index is 0.0456. The van der Waals surface area contributed by atoms with E-state index >= 15 is 0 Å². The predicted octanol–water partition coefficient (Wildman–Crippen LogP) is 4.55. The number of methoxy groups -OCH3 is 1.